The summed E-state index contributed by atoms with van der Waals surface area (Å²) in [4.78, 5) is 24.0. The topological polar surface area (TPSA) is 74.8 Å². The average molecular weight is 317 g/mol. The second kappa shape index (κ2) is 6.96. The van der Waals surface area contributed by atoms with Crippen LogP contribution in [0.4, 0.5) is 0 Å². The summed E-state index contributed by atoms with van der Waals surface area (Å²) in [6.07, 6.45) is 5.25. The molecule has 1 aliphatic carbocycles. The first-order chi connectivity index (χ1) is 10.8. The zero-order chi connectivity index (χ0) is 15.4. The van der Waals surface area contributed by atoms with Crippen LogP contribution in [0.1, 0.15) is 36.2 Å². The predicted octanol–water partition coefficient (Wildman–Crippen LogP) is 2.33. The van der Waals surface area contributed by atoms with Gasteiger partial charge in [0.25, 0.3) is 11.5 Å². The predicted molar refractivity (Wildman–Crippen MR) is 89.4 cm³/mol. The van der Waals surface area contributed by atoms with Crippen LogP contribution in [0.25, 0.3) is 10.8 Å². The van der Waals surface area contributed by atoms with E-state index in [2.05, 4.69) is 15.5 Å². The molecule has 0 unspecified atom stereocenters. The number of benzene rings is 1. The Labute approximate surface area is 132 Å². The SMILES string of the molecule is O=C(NCCSC1CCCC1)c1n[nH]c(=O)c2ccccc12. The Morgan fingerprint density at radius 3 is 2.77 bits per heavy atom. The monoisotopic (exact) mass is 317 g/mol. The lowest BCUT2D eigenvalue weighted by Gasteiger charge is -2.09. The molecule has 1 aliphatic rings. The smallest absolute Gasteiger partial charge is 0.272 e. The van der Waals surface area contributed by atoms with E-state index < -0.39 is 0 Å². The van der Waals surface area contributed by atoms with Gasteiger partial charge >= 0.3 is 0 Å². The third-order valence-electron chi connectivity index (χ3n) is 3.95. The Morgan fingerprint density at radius 2 is 2.00 bits per heavy atom. The van der Waals surface area contributed by atoms with Gasteiger partial charge in [-0.2, -0.15) is 16.9 Å². The fraction of sp³-hybridized carbons (Fsp3) is 0.438. The molecule has 116 valence electrons. The van der Waals surface area contributed by atoms with Crippen LogP contribution in [-0.4, -0.2) is 33.7 Å². The Balaban J connectivity index is 1.62. The molecule has 3 rings (SSSR count). The molecular formula is C16H19N3O2S. The van der Waals surface area contributed by atoms with Gasteiger partial charge in [-0.15, -0.1) is 0 Å². The molecule has 1 heterocycles. The van der Waals surface area contributed by atoms with Crippen molar-refractivity contribution in [2.24, 2.45) is 0 Å². The summed E-state index contributed by atoms with van der Waals surface area (Å²) in [6, 6.07) is 7.02. The Kier molecular flexibility index (Phi) is 4.77. The van der Waals surface area contributed by atoms with E-state index in [9.17, 15) is 9.59 Å². The fourth-order valence-corrected chi connectivity index (χ4v) is 4.04. The maximum Gasteiger partial charge on any atom is 0.272 e. The molecule has 1 aromatic heterocycles. The van der Waals surface area contributed by atoms with Gasteiger partial charge in [0.2, 0.25) is 0 Å². The van der Waals surface area contributed by atoms with Crippen LogP contribution >= 0.6 is 11.8 Å². The van der Waals surface area contributed by atoms with Gasteiger partial charge in [0.15, 0.2) is 5.69 Å². The third kappa shape index (κ3) is 3.32. The van der Waals surface area contributed by atoms with Crippen molar-refractivity contribution in [3.05, 3.63) is 40.3 Å². The van der Waals surface area contributed by atoms with Crippen molar-refractivity contribution in [2.75, 3.05) is 12.3 Å². The minimum atomic E-state index is -0.274. The normalized spacial score (nSPS) is 15.3. The molecule has 2 N–H and O–H groups in total. The maximum atomic E-state index is 12.3. The zero-order valence-corrected chi connectivity index (χ0v) is 13.1. The van der Waals surface area contributed by atoms with Crippen LogP contribution in [0.15, 0.2) is 29.1 Å². The number of carbonyl (C=O) groups is 1. The lowest BCUT2D eigenvalue weighted by atomic mass is 10.1. The highest BCUT2D eigenvalue weighted by Gasteiger charge is 2.16. The lowest BCUT2D eigenvalue weighted by Crippen LogP contribution is -2.28. The van der Waals surface area contributed by atoms with E-state index >= 15 is 0 Å². The van der Waals surface area contributed by atoms with E-state index in [0.29, 0.717) is 17.3 Å². The molecule has 1 saturated carbocycles. The number of nitrogens with zero attached hydrogens (tertiary/aromatic N) is 1. The van der Waals surface area contributed by atoms with Gasteiger partial charge in [0, 0.05) is 22.9 Å². The van der Waals surface area contributed by atoms with Crippen LogP contribution in [0, 0.1) is 0 Å². The van der Waals surface area contributed by atoms with Gasteiger partial charge in [0.1, 0.15) is 0 Å². The van der Waals surface area contributed by atoms with Crippen molar-refractivity contribution in [1.82, 2.24) is 15.5 Å². The molecular weight excluding hydrogens is 298 g/mol. The molecule has 0 radical (unpaired) electrons. The number of thioether (sulfide) groups is 1. The molecule has 22 heavy (non-hydrogen) atoms. The first-order valence-corrected chi connectivity index (χ1v) is 8.68. The average Bonchev–Trinajstić information content (AvgIpc) is 3.05. The standard InChI is InChI=1S/C16H19N3O2S/c20-15-13-8-4-3-7-12(13)14(18-19-15)16(21)17-9-10-22-11-5-1-2-6-11/h3-4,7-8,11H,1-2,5-6,9-10H2,(H,17,21)(H,19,20). The van der Waals surface area contributed by atoms with Gasteiger partial charge in [-0.05, 0) is 18.9 Å². The second-order valence-corrected chi connectivity index (χ2v) is 6.89. The van der Waals surface area contributed by atoms with Crippen LogP contribution in [0.5, 0.6) is 0 Å². The molecule has 6 heteroatoms. The summed E-state index contributed by atoms with van der Waals surface area (Å²) in [6.45, 7) is 0.620. The van der Waals surface area contributed by atoms with Crippen molar-refractivity contribution in [3.63, 3.8) is 0 Å². The molecule has 5 nitrogen and oxygen atoms in total. The van der Waals surface area contributed by atoms with E-state index in [-0.39, 0.29) is 17.2 Å². The number of aromatic amines is 1. The molecule has 0 bridgehead atoms. The zero-order valence-electron chi connectivity index (χ0n) is 12.3. The van der Waals surface area contributed by atoms with Gasteiger partial charge in [-0.25, -0.2) is 5.10 Å². The van der Waals surface area contributed by atoms with Crippen LogP contribution in [0.2, 0.25) is 0 Å². The van der Waals surface area contributed by atoms with Crippen LogP contribution in [0.3, 0.4) is 0 Å². The van der Waals surface area contributed by atoms with Crippen molar-refractivity contribution < 1.29 is 4.79 Å². The third-order valence-corrected chi connectivity index (χ3v) is 5.34. The van der Waals surface area contributed by atoms with Crippen molar-refractivity contribution in [2.45, 2.75) is 30.9 Å². The summed E-state index contributed by atoms with van der Waals surface area (Å²) in [5, 5.41) is 11.0. The first-order valence-electron chi connectivity index (χ1n) is 7.63. The van der Waals surface area contributed by atoms with Crippen LogP contribution < -0.4 is 10.9 Å². The van der Waals surface area contributed by atoms with E-state index in [1.54, 1.807) is 24.3 Å². The number of hydrogen-bond acceptors (Lipinski definition) is 4. The molecule has 0 aliphatic heterocycles. The minimum absolute atomic E-state index is 0.237. The molecule has 2 aromatic rings. The fourth-order valence-electron chi connectivity index (χ4n) is 2.82. The summed E-state index contributed by atoms with van der Waals surface area (Å²) in [5.41, 5.74) is 0.00463. The van der Waals surface area contributed by atoms with E-state index in [1.807, 2.05) is 11.8 Å². The van der Waals surface area contributed by atoms with Gasteiger partial charge in [0.05, 0.1) is 5.39 Å². The van der Waals surface area contributed by atoms with Gasteiger partial charge in [-0.1, -0.05) is 31.0 Å². The summed E-state index contributed by atoms with van der Waals surface area (Å²) < 4.78 is 0. The van der Waals surface area contributed by atoms with Crippen molar-refractivity contribution >= 4 is 28.4 Å². The van der Waals surface area contributed by atoms with Crippen molar-refractivity contribution in [1.29, 1.82) is 0 Å². The summed E-state index contributed by atoms with van der Waals surface area (Å²) in [7, 11) is 0. The summed E-state index contributed by atoms with van der Waals surface area (Å²) >= 11 is 1.93. The first kappa shape index (κ1) is 15.1. The maximum absolute atomic E-state index is 12.3. The molecule has 0 spiro atoms. The van der Waals surface area contributed by atoms with Crippen LogP contribution in [-0.2, 0) is 0 Å². The highest BCUT2D eigenvalue weighted by molar-refractivity contribution is 7.99. The number of amides is 1. The lowest BCUT2D eigenvalue weighted by molar-refractivity contribution is 0.0952. The van der Waals surface area contributed by atoms with E-state index in [0.717, 1.165) is 11.0 Å². The quantitative estimate of drug-likeness (QED) is 0.830. The Morgan fingerprint density at radius 1 is 1.27 bits per heavy atom. The van der Waals surface area contributed by atoms with Crippen molar-refractivity contribution in [3.8, 4) is 0 Å². The molecule has 0 atom stereocenters. The highest BCUT2D eigenvalue weighted by atomic mass is 32.2. The molecule has 1 fully saturated rings. The number of aromatic nitrogens is 2. The largest absolute Gasteiger partial charge is 0.350 e. The summed E-state index contributed by atoms with van der Waals surface area (Å²) in [5.74, 6) is 0.678. The molecule has 1 aromatic carbocycles. The number of rotatable bonds is 5. The number of hydrogen-bond donors (Lipinski definition) is 2. The molecule has 1 amide bonds. The second-order valence-electron chi connectivity index (χ2n) is 5.48. The Hall–Kier alpha value is -1.82. The highest BCUT2D eigenvalue weighted by Crippen LogP contribution is 2.28. The number of fused-ring (bicyclic) bond motifs is 1. The van der Waals surface area contributed by atoms with Gasteiger partial charge in [-0.3, -0.25) is 9.59 Å². The number of H-pyrrole nitrogens is 1. The number of carbonyl (C=O) groups excluding carboxylic acids is 1. The van der Waals surface area contributed by atoms with Gasteiger partial charge < -0.3 is 5.32 Å². The van der Waals surface area contributed by atoms with E-state index in [4.69, 9.17) is 0 Å². The molecule has 0 saturated heterocycles. The minimum Gasteiger partial charge on any atom is -0.350 e. The Bertz CT molecular complexity index is 723. The number of nitrogens with one attached hydrogen (secondary N) is 2. The van der Waals surface area contributed by atoms with E-state index in [1.165, 1.54) is 25.7 Å².